The SMILES string of the molecule is CC(O)(c1c(F)ccc(Br)c1F)C1CCCCC1. The first-order valence-electron chi connectivity index (χ1n) is 6.31. The van der Waals surface area contributed by atoms with E-state index >= 15 is 0 Å². The highest BCUT2D eigenvalue weighted by Gasteiger charge is 2.39. The molecule has 1 aromatic carbocycles. The van der Waals surface area contributed by atoms with Crippen molar-refractivity contribution in [3.8, 4) is 0 Å². The molecule has 0 amide bonds. The van der Waals surface area contributed by atoms with Gasteiger partial charge in [0, 0.05) is 0 Å². The molecule has 4 heteroatoms. The van der Waals surface area contributed by atoms with Crippen LogP contribution < -0.4 is 0 Å². The lowest BCUT2D eigenvalue weighted by Crippen LogP contribution is -2.35. The first-order chi connectivity index (χ1) is 8.44. The van der Waals surface area contributed by atoms with Crippen LogP contribution in [-0.2, 0) is 5.60 Å². The quantitative estimate of drug-likeness (QED) is 0.795. The molecule has 0 bridgehead atoms. The largest absolute Gasteiger partial charge is 0.385 e. The van der Waals surface area contributed by atoms with E-state index in [4.69, 9.17) is 0 Å². The predicted molar refractivity (Wildman–Crippen MR) is 70.2 cm³/mol. The van der Waals surface area contributed by atoms with E-state index in [-0.39, 0.29) is 16.0 Å². The molecular formula is C14H17BrF2O. The van der Waals surface area contributed by atoms with Crippen molar-refractivity contribution in [1.29, 1.82) is 0 Å². The van der Waals surface area contributed by atoms with Gasteiger partial charge in [0.1, 0.15) is 11.6 Å². The standard InChI is InChI=1S/C14H17BrF2O/c1-14(18,9-5-3-2-4-6-9)12-11(16)8-7-10(15)13(12)17/h7-9,18H,2-6H2,1H3. The Morgan fingerprint density at radius 1 is 1.22 bits per heavy atom. The molecule has 1 aliphatic carbocycles. The molecule has 0 saturated heterocycles. The summed E-state index contributed by atoms with van der Waals surface area (Å²) in [5.74, 6) is -1.44. The molecule has 18 heavy (non-hydrogen) atoms. The Morgan fingerprint density at radius 2 is 1.83 bits per heavy atom. The van der Waals surface area contributed by atoms with E-state index in [0.717, 1.165) is 32.1 Å². The van der Waals surface area contributed by atoms with Gasteiger partial charge in [-0.3, -0.25) is 0 Å². The van der Waals surface area contributed by atoms with Crippen LogP contribution in [-0.4, -0.2) is 5.11 Å². The first-order valence-corrected chi connectivity index (χ1v) is 7.10. The minimum atomic E-state index is -1.45. The van der Waals surface area contributed by atoms with E-state index in [9.17, 15) is 13.9 Å². The lowest BCUT2D eigenvalue weighted by molar-refractivity contribution is -0.0273. The van der Waals surface area contributed by atoms with Crippen molar-refractivity contribution in [2.75, 3.05) is 0 Å². The van der Waals surface area contributed by atoms with E-state index in [1.54, 1.807) is 0 Å². The van der Waals surface area contributed by atoms with Crippen molar-refractivity contribution < 1.29 is 13.9 Å². The topological polar surface area (TPSA) is 20.2 Å². The van der Waals surface area contributed by atoms with Gasteiger partial charge in [-0.15, -0.1) is 0 Å². The second-order valence-corrected chi connectivity index (χ2v) is 6.05. The van der Waals surface area contributed by atoms with Crippen LogP contribution in [0.5, 0.6) is 0 Å². The van der Waals surface area contributed by atoms with Gasteiger partial charge in [-0.1, -0.05) is 19.3 Å². The van der Waals surface area contributed by atoms with Crippen molar-refractivity contribution in [3.63, 3.8) is 0 Å². The highest BCUT2D eigenvalue weighted by molar-refractivity contribution is 9.10. The molecule has 0 radical (unpaired) electrons. The van der Waals surface area contributed by atoms with Crippen LogP contribution in [0.25, 0.3) is 0 Å². The fourth-order valence-electron chi connectivity index (χ4n) is 2.86. The molecule has 1 aromatic rings. The molecule has 1 aliphatic rings. The maximum Gasteiger partial charge on any atom is 0.146 e. The normalized spacial score (nSPS) is 20.7. The Bertz CT molecular complexity index is 440. The number of halogens is 3. The summed E-state index contributed by atoms with van der Waals surface area (Å²) >= 11 is 3.04. The van der Waals surface area contributed by atoms with Gasteiger partial charge in [0.15, 0.2) is 0 Å². The van der Waals surface area contributed by atoms with Crippen LogP contribution >= 0.6 is 15.9 Å². The second-order valence-electron chi connectivity index (χ2n) is 5.20. The molecule has 0 aromatic heterocycles. The summed E-state index contributed by atoms with van der Waals surface area (Å²) in [5, 5.41) is 10.6. The highest BCUT2D eigenvalue weighted by atomic mass is 79.9. The van der Waals surface area contributed by atoms with Crippen LogP contribution in [0.15, 0.2) is 16.6 Å². The molecule has 0 spiro atoms. The predicted octanol–water partition coefficient (Wildman–Crippen LogP) is 4.52. The van der Waals surface area contributed by atoms with Crippen molar-refractivity contribution in [1.82, 2.24) is 0 Å². The van der Waals surface area contributed by atoms with Crippen LogP contribution in [0.3, 0.4) is 0 Å². The van der Waals surface area contributed by atoms with Crippen LogP contribution in [0, 0.1) is 17.6 Å². The van der Waals surface area contributed by atoms with E-state index < -0.39 is 17.2 Å². The Labute approximate surface area is 114 Å². The minimum absolute atomic E-state index is 0.0791. The molecule has 1 unspecified atom stereocenters. The second kappa shape index (κ2) is 5.25. The molecule has 2 rings (SSSR count). The monoisotopic (exact) mass is 318 g/mol. The summed E-state index contributed by atoms with van der Waals surface area (Å²) < 4.78 is 28.1. The van der Waals surface area contributed by atoms with E-state index in [2.05, 4.69) is 15.9 Å². The molecule has 1 saturated carbocycles. The van der Waals surface area contributed by atoms with Gasteiger partial charge in [-0.2, -0.15) is 0 Å². The van der Waals surface area contributed by atoms with E-state index in [1.807, 2.05) is 0 Å². The number of benzene rings is 1. The first kappa shape index (κ1) is 13.9. The van der Waals surface area contributed by atoms with Gasteiger partial charge in [0.05, 0.1) is 15.6 Å². The molecule has 1 atom stereocenters. The molecule has 1 N–H and O–H groups in total. The van der Waals surface area contributed by atoms with Gasteiger partial charge in [0.2, 0.25) is 0 Å². The third-order valence-electron chi connectivity index (χ3n) is 3.95. The van der Waals surface area contributed by atoms with Crippen LogP contribution in [0.1, 0.15) is 44.6 Å². The molecule has 0 heterocycles. The number of rotatable bonds is 2. The van der Waals surface area contributed by atoms with Crippen LogP contribution in [0.2, 0.25) is 0 Å². The molecule has 0 aliphatic heterocycles. The van der Waals surface area contributed by atoms with Gasteiger partial charge in [-0.05, 0) is 53.7 Å². The summed E-state index contributed by atoms with van der Waals surface area (Å²) in [6, 6.07) is 2.52. The number of hydrogen-bond acceptors (Lipinski definition) is 1. The molecule has 1 fully saturated rings. The molecular weight excluding hydrogens is 302 g/mol. The van der Waals surface area contributed by atoms with Crippen molar-refractivity contribution in [3.05, 3.63) is 33.8 Å². The van der Waals surface area contributed by atoms with E-state index in [0.29, 0.717) is 0 Å². The summed E-state index contributed by atoms with van der Waals surface area (Å²) in [7, 11) is 0. The average molecular weight is 319 g/mol. The fraction of sp³-hybridized carbons (Fsp3) is 0.571. The number of aliphatic hydroxyl groups is 1. The highest BCUT2D eigenvalue weighted by Crippen LogP contribution is 2.42. The summed E-state index contributed by atoms with van der Waals surface area (Å²) in [5.41, 5.74) is -1.65. The number of hydrogen-bond donors (Lipinski definition) is 1. The summed E-state index contributed by atoms with van der Waals surface area (Å²) in [6.45, 7) is 1.52. The van der Waals surface area contributed by atoms with E-state index in [1.165, 1.54) is 19.1 Å². The molecule has 100 valence electrons. The van der Waals surface area contributed by atoms with Gasteiger partial charge >= 0.3 is 0 Å². The maximum absolute atomic E-state index is 14.1. The van der Waals surface area contributed by atoms with Crippen LogP contribution in [0.4, 0.5) is 8.78 Å². The average Bonchev–Trinajstić information content (AvgIpc) is 2.35. The minimum Gasteiger partial charge on any atom is -0.385 e. The zero-order chi connectivity index (χ0) is 13.3. The maximum atomic E-state index is 14.1. The zero-order valence-corrected chi connectivity index (χ0v) is 11.9. The lowest BCUT2D eigenvalue weighted by Gasteiger charge is -2.36. The summed E-state index contributed by atoms with van der Waals surface area (Å²) in [6.07, 6.45) is 4.79. The van der Waals surface area contributed by atoms with Gasteiger partial charge in [0.25, 0.3) is 0 Å². The Kier molecular flexibility index (Phi) is 4.07. The van der Waals surface area contributed by atoms with Crippen molar-refractivity contribution in [2.24, 2.45) is 5.92 Å². The summed E-state index contributed by atoms with van der Waals surface area (Å²) in [4.78, 5) is 0. The van der Waals surface area contributed by atoms with Crippen molar-refractivity contribution >= 4 is 15.9 Å². The third-order valence-corrected chi connectivity index (χ3v) is 4.56. The van der Waals surface area contributed by atoms with Crippen molar-refractivity contribution in [2.45, 2.75) is 44.6 Å². The fourth-order valence-corrected chi connectivity index (χ4v) is 3.19. The Hall–Kier alpha value is -0.480. The van der Waals surface area contributed by atoms with Gasteiger partial charge in [-0.25, -0.2) is 8.78 Å². The Balaban J connectivity index is 2.42. The smallest absolute Gasteiger partial charge is 0.146 e. The Morgan fingerprint density at radius 3 is 2.44 bits per heavy atom. The third kappa shape index (κ3) is 2.45. The lowest BCUT2D eigenvalue weighted by atomic mass is 9.74. The molecule has 1 nitrogen and oxygen atoms in total. The zero-order valence-electron chi connectivity index (χ0n) is 10.3. The van der Waals surface area contributed by atoms with Gasteiger partial charge < -0.3 is 5.11 Å².